The number of rotatable bonds is 59. The molecule has 0 saturated heterocycles. The lowest BCUT2D eigenvalue weighted by Crippen LogP contribution is -2.30. The van der Waals surface area contributed by atoms with E-state index in [4.69, 9.17) is 14.2 Å². The first kappa shape index (κ1) is 70.4. The highest BCUT2D eigenvalue weighted by atomic mass is 16.6. The molecule has 0 aliphatic carbocycles. The summed E-state index contributed by atoms with van der Waals surface area (Å²) in [4.78, 5) is 38.3. The highest BCUT2D eigenvalue weighted by Crippen LogP contribution is 2.17. The molecule has 0 aromatic rings. The zero-order chi connectivity index (χ0) is 52.9. The Labute approximate surface area is 454 Å². The Kier molecular flexibility index (Phi) is 59.7. The van der Waals surface area contributed by atoms with Crippen molar-refractivity contribution in [1.82, 2.24) is 0 Å². The summed E-state index contributed by atoms with van der Waals surface area (Å²) in [5.74, 6) is -0.880. The van der Waals surface area contributed by atoms with Crippen LogP contribution in [0.4, 0.5) is 0 Å². The highest BCUT2D eigenvalue weighted by molar-refractivity contribution is 5.71. The van der Waals surface area contributed by atoms with Gasteiger partial charge in [-0.15, -0.1) is 0 Å². The first-order valence-corrected chi connectivity index (χ1v) is 32.1. The second-order valence-corrected chi connectivity index (χ2v) is 21.7. The number of carbonyl (C=O) groups excluding carboxylic acids is 3. The summed E-state index contributed by atoms with van der Waals surface area (Å²) < 4.78 is 16.9. The van der Waals surface area contributed by atoms with E-state index in [9.17, 15) is 14.4 Å². The lowest BCUT2D eigenvalue weighted by molar-refractivity contribution is -0.167. The van der Waals surface area contributed by atoms with Gasteiger partial charge in [0, 0.05) is 19.3 Å². The number of allylic oxidation sites excluding steroid dienone is 8. The van der Waals surface area contributed by atoms with Gasteiger partial charge in [0.25, 0.3) is 0 Å². The van der Waals surface area contributed by atoms with Crippen molar-refractivity contribution in [3.8, 4) is 0 Å². The van der Waals surface area contributed by atoms with Crippen LogP contribution in [0.1, 0.15) is 342 Å². The Bertz CT molecular complexity index is 1270. The molecule has 0 radical (unpaired) electrons. The summed E-state index contributed by atoms with van der Waals surface area (Å²) in [6.45, 7) is 6.65. The van der Waals surface area contributed by atoms with Crippen molar-refractivity contribution >= 4 is 17.9 Å². The fraction of sp³-hybridized carbons (Fsp3) is 0.836. The molecule has 0 aliphatic rings. The van der Waals surface area contributed by atoms with Crippen molar-refractivity contribution in [3.63, 3.8) is 0 Å². The molecule has 0 spiro atoms. The van der Waals surface area contributed by atoms with E-state index in [-0.39, 0.29) is 31.1 Å². The molecule has 73 heavy (non-hydrogen) atoms. The molecule has 0 aliphatic heterocycles. The van der Waals surface area contributed by atoms with Crippen LogP contribution in [0, 0.1) is 0 Å². The smallest absolute Gasteiger partial charge is 0.306 e. The second kappa shape index (κ2) is 61.9. The van der Waals surface area contributed by atoms with Gasteiger partial charge in [-0.1, -0.05) is 288 Å². The molecule has 426 valence electrons. The number of hydrogen-bond donors (Lipinski definition) is 0. The van der Waals surface area contributed by atoms with Crippen LogP contribution in [-0.4, -0.2) is 37.2 Å². The zero-order valence-electron chi connectivity index (χ0n) is 48.9. The normalized spacial score (nSPS) is 12.3. The molecule has 0 rings (SSSR count). The fourth-order valence-corrected chi connectivity index (χ4v) is 9.45. The van der Waals surface area contributed by atoms with E-state index in [1.54, 1.807) is 0 Å². The molecule has 6 heteroatoms. The summed E-state index contributed by atoms with van der Waals surface area (Å²) in [6.07, 6.45) is 76.8. The summed E-state index contributed by atoms with van der Waals surface area (Å²) in [6, 6.07) is 0. The molecule has 0 N–H and O–H groups in total. The average molecular weight is 1020 g/mol. The van der Waals surface area contributed by atoms with Gasteiger partial charge in [-0.05, 0) is 83.5 Å². The maximum Gasteiger partial charge on any atom is 0.306 e. The van der Waals surface area contributed by atoms with Crippen molar-refractivity contribution in [2.45, 2.75) is 348 Å². The number of unbranched alkanes of at least 4 members (excludes halogenated alkanes) is 40. The van der Waals surface area contributed by atoms with Gasteiger partial charge in [-0.3, -0.25) is 14.4 Å². The molecule has 0 amide bonds. The van der Waals surface area contributed by atoms with Crippen LogP contribution in [0.15, 0.2) is 48.6 Å². The molecule has 0 bridgehead atoms. The molecule has 0 aromatic carbocycles. The van der Waals surface area contributed by atoms with Crippen molar-refractivity contribution < 1.29 is 28.6 Å². The Hall–Kier alpha value is -2.63. The Morgan fingerprint density at radius 2 is 0.493 bits per heavy atom. The summed E-state index contributed by atoms with van der Waals surface area (Å²) in [5, 5.41) is 0. The molecular formula is C67H122O6. The number of hydrogen-bond acceptors (Lipinski definition) is 6. The van der Waals surface area contributed by atoms with Crippen LogP contribution in [0.5, 0.6) is 0 Å². The monoisotopic (exact) mass is 1020 g/mol. The van der Waals surface area contributed by atoms with Crippen LogP contribution in [0.2, 0.25) is 0 Å². The summed E-state index contributed by atoms with van der Waals surface area (Å²) in [7, 11) is 0. The van der Waals surface area contributed by atoms with Gasteiger partial charge in [-0.2, -0.15) is 0 Å². The van der Waals surface area contributed by atoms with Gasteiger partial charge in [0.1, 0.15) is 13.2 Å². The lowest BCUT2D eigenvalue weighted by atomic mass is 10.0. The minimum Gasteiger partial charge on any atom is -0.462 e. The van der Waals surface area contributed by atoms with E-state index in [1.165, 1.54) is 218 Å². The van der Waals surface area contributed by atoms with Crippen LogP contribution in [0.3, 0.4) is 0 Å². The Morgan fingerprint density at radius 1 is 0.274 bits per heavy atom. The SMILES string of the molecule is CCCCC/C=C\C/C=C\C/C=C\CCCCCCC(=O)O[C@H](COC(=O)CCCCCCCCCCCCC/C=C\CCCCCCCC)COC(=O)CCCCCCCCCCCCCCCCCCC. The van der Waals surface area contributed by atoms with E-state index in [0.717, 1.165) is 83.5 Å². The van der Waals surface area contributed by atoms with Crippen LogP contribution in [-0.2, 0) is 28.6 Å². The van der Waals surface area contributed by atoms with Gasteiger partial charge in [0.05, 0.1) is 0 Å². The quantitative estimate of drug-likeness (QED) is 0.0261. The maximum absolute atomic E-state index is 12.9. The fourth-order valence-electron chi connectivity index (χ4n) is 9.45. The van der Waals surface area contributed by atoms with Gasteiger partial charge >= 0.3 is 17.9 Å². The first-order chi connectivity index (χ1) is 36.0. The van der Waals surface area contributed by atoms with E-state index < -0.39 is 6.10 Å². The predicted octanol–water partition coefficient (Wildman–Crippen LogP) is 21.8. The third-order valence-corrected chi connectivity index (χ3v) is 14.3. The van der Waals surface area contributed by atoms with Crippen LogP contribution in [0.25, 0.3) is 0 Å². The van der Waals surface area contributed by atoms with Crippen LogP contribution < -0.4 is 0 Å². The lowest BCUT2D eigenvalue weighted by Gasteiger charge is -2.18. The minimum absolute atomic E-state index is 0.0786. The standard InChI is InChI=1S/C67H122O6/c1-4-7-10-13-16-19-22-25-28-31-32-33-34-37-39-42-45-48-51-54-57-60-66(69)72-63-64(73-67(70)61-58-55-52-49-46-43-40-36-30-27-24-21-18-15-12-9-6-3)62-71-65(68)59-56-53-50-47-44-41-38-35-29-26-23-20-17-14-11-8-5-2/h18,21,25,27-28,30,40,43,64H,4-17,19-20,22-24,26,29,31-39,41-42,44-63H2,1-3H3/b21-18-,28-25-,30-27-,43-40-/t64-/m0/s1. The Morgan fingerprint density at radius 3 is 0.808 bits per heavy atom. The third-order valence-electron chi connectivity index (χ3n) is 14.3. The number of carbonyl (C=O) groups is 3. The van der Waals surface area contributed by atoms with Crippen molar-refractivity contribution in [3.05, 3.63) is 48.6 Å². The van der Waals surface area contributed by atoms with Crippen molar-refractivity contribution in [1.29, 1.82) is 0 Å². The van der Waals surface area contributed by atoms with Gasteiger partial charge < -0.3 is 14.2 Å². The molecule has 0 heterocycles. The van der Waals surface area contributed by atoms with E-state index in [0.29, 0.717) is 19.3 Å². The maximum atomic E-state index is 12.9. The summed E-state index contributed by atoms with van der Waals surface area (Å²) >= 11 is 0. The molecule has 0 aromatic heterocycles. The van der Waals surface area contributed by atoms with E-state index in [2.05, 4.69) is 69.4 Å². The first-order valence-electron chi connectivity index (χ1n) is 32.1. The molecule has 0 unspecified atom stereocenters. The molecule has 1 atom stereocenters. The van der Waals surface area contributed by atoms with Gasteiger partial charge in [0.2, 0.25) is 0 Å². The molecule has 0 saturated carbocycles. The molecular weight excluding hydrogens is 901 g/mol. The summed E-state index contributed by atoms with van der Waals surface area (Å²) in [5.41, 5.74) is 0. The van der Waals surface area contributed by atoms with Gasteiger partial charge in [0.15, 0.2) is 6.10 Å². The van der Waals surface area contributed by atoms with Gasteiger partial charge in [-0.25, -0.2) is 0 Å². The predicted molar refractivity (Wildman–Crippen MR) is 316 cm³/mol. The molecule has 0 fully saturated rings. The van der Waals surface area contributed by atoms with Crippen molar-refractivity contribution in [2.24, 2.45) is 0 Å². The topological polar surface area (TPSA) is 78.9 Å². The third kappa shape index (κ3) is 60.1. The Balaban J connectivity index is 4.35. The van der Waals surface area contributed by atoms with E-state index >= 15 is 0 Å². The van der Waals surface area contributed by atoms with E-state index in [1.807, 2.05) is 0 Å². The highest BCUT2D eigenvalue weighted by Gasteiger charge is 2.19. The second-order valence-electron chi connectivity index (χ2n) is 21.7. The number of esters is 3. The van der Waals surface area contributed by atoms with Crippen LogP contribution >= 0.6 is 0 Å². The van der Waals surface area contributed by atoms with Crippen molar-refractivity contribution in [2.75, 3.05) is 13.2 Å². The molecule has 6 nitrogen and oxygen atoms in total. The largest absolute Gasteiger partial charge is 0.462 e. The number of ether oxygens (including phenoxy) is 3. The minimum atomic E-state index is -0.784. The zero-order valence-corrected chi connectivity index (χ0v) is 48.9. The average Bonchev–Trinajstić information content (AvgIpc) is 3.39.